The third-order valence-electron chi connectivity index (χ3n) is 3.04. The highest BCUT2D eigenvalue weighted by Gasteiger charge is 2.30. The highest BCUT2D eigenvalue weighted by molar-refractivity contribution is 8.13. The molecule has 0 aliphatic carbocycles. The smallest absolute Gasteiger partial charge is 0.416 e. The van der Waals surface area contributed by atoms with Crippen LogP contribution < -0.4 is 5.32 Å². The van der Waals surface area contributed by atoms with Gasteiger partial charge in [0.15, 0.2) is 5.12 Å². The molecule has 0 heterocycles. The van der Waals surface area contributed by atoms with Crippen molar-refractivity contribution in [2.24, 2.45) is 0 Å². The number of thioether (sulfide) groups is 1. The zero-order valence-electron chi connectivity index (χ0n) is 14.9. The van der Waals surface area contributed by atoms with Gasteiger partial charge in [-0.3, -0.25) is 4.79 Å². The third-order valence-corrected chi connectivity index (χ3v) is 3.98. The first-order valence-electron chi connectivity index (χ1n) is 7.88. The molecule has 0 saturated carbocycles. The molecule has 27 heavy (non-hydrogen) atoms. The van der Waals surface area contributed by atoms with E-state index in [1.54, 1.807) is 20.8 Å². The summed E-state index contributed by atoms with van der Waals surface area (Å²) in [5, 5.41) is 10.9. The summed E-state index contributed by atoms with van der Waals surface area (Å²) in [5.74, 6) is -1.33. The van der Waals surface area contributed by atoms with Crippen molar-refractivity contribution in [3.63, 3.8) is 0 Å². The number of nitrogens with one attached hydrogen (secondary N) is 1. The highest BCUT2D eigenvalue weighted by atomic mass is 32.2. The number of ether oxygens (including phenoxy) is 1. The Labute approximate surface area is 158 Å². The number of aliphatic carboxylic acids is 1. The SMILES string of the molecule is CC(C)(C)OC(=O)NC(CCC(=O)Sc1ccc(C(F)(F)F)cc1)C(=O)O. The molecule has 2 N–H and O–H groups in total. The molecule has 0 saturated heterocycles. The number of rotatable bonds is 6. The van der Waals surface area contributed by atoms with E-state index in [0.717, 1.165) is 12.1 Å². The van der Waals surface area contributed by atoms with Gasteiger partial charge in [0.05, 0.1) is 5.56 Å². The van der Waals surface area contributed by atoms with Crippen LogP contribution in [0.15, 0.2) is 29.2 Å². The van der Waals surface area contributed by atoms with E-state index in [-0.39, 0.29) is 12.8 Å². The second-order valence-electron chi connectivity index (χ2n) is 6.57. The number of carbonyl (C=O) groups is 3. The van der Waals surface area contributed by atoms with Gasteiger partial charge >= 0.3 is 18.2 Å². The molecule has 0 spiro atoms. The summed E-state index contributed by atoms with van der Waals surface area (Å²) >= 11 is 0.702. The molecular weight excluding hydrogens is 387 g/mol. The van der Waals surface area contributed by atoms with Crippen LogP contribution in [0.5, 0.6) is 0 Å². The van der Waals surface area contributed by atoms with Crippen molar-refractivity contribution in [1.29, 1.82) is 0 Å². The number of carboxylic acid groups (broad SMARTS) is 1. The van der Waals surface area contributed by atoms with Crippen LogP contribution in [0.2, 0.25) is 0 Å². The number of alkyl halides is 3. The van der Waals surface area contributed by atoms with E-state index in [9.17, 15) is 27.6 Å². The molecule has 10 heteroatoms. The van der Waals surface area contributed by atoms with Crippen molar-refractivity contribution < 1.29 is 37.4 Å². The molecule has 0 aliphatic rings. The number of hydrogen-bond acceptors (Lipinski definition) is 5. The van der Waals surface area contributed by atoms with Gasteiger partial charge in [-0.05, 0) is 51.5 Å². The van der Waals surface area contributed by atoms with Crippen LogP contribution in [-0.2, 0) is 20.5 Å². The first-order chi connectivity index (χ1) is 12.3. The van der Waals surface area contributed by atoms with Crippen LogP contribution >= 0.6 is 11.8 Å². The predicted octanol–water partition coefficient (Wildman–Crippen LogP) is 4.08. The summed E-state index contributed by atoms with van der Waals surface area (Å²) in [4.78, 5) is 35.1. The van der Waals surface area contributed by atoms with Gasteiger partial charge in [-0.1, -0.05) is 11.8 Å². The monoisotopic (exact) mass is 407 g/mol. The molecule has 1 aromatic carbocycles. The van der Waals surface area contributed by atoms with Crippen molar-refractivity contribution in [2.75, 3.05) is 0 Å². The summed E-state index contributed by atoms with van der Waals surface area (Å²) in [5.41, 5.74) is -1.63. The lowest BCUT2D eigenvalue weighted by atomic mass is 10.1. The Morgan fingerprint density at radius 2 is 1.70 bits per heavy atom. The molecule has 0 fully saturated rings. The highest BCUT2D eigenvalue weighted by Crippen LogP contribution is 2.31. The Balaban J connectivity index is 2.57. The Kier molecular flexibility index (Phi) is 7.70. The van der Waals surface area contributed by atoms with Crippen LogP contribution in [0.25, 0.3) is 0 Å². The summed E-state index contributed by atoms with van der Waals surface area (Å²) < 4.78 is 42.5. The van der Waals surface area contributed by atoms with Gasteiger partial charge in [-0.2, -0.15) is 13.2 Å². The number of halogens is 3. The minimum Gasteiger partial charge on any atom is -0.480 e. The van der Waals surface area contributed by atoms with Gasteiger partial charge in [0.2, 0.25) is 0 Å². The van der Waals surface area contributed by atoms with Gasteiger partial charge in [0.1, 0.15) is 11.6 Å². The van der Waals surface area contributed by atoms with Gasteiger partial charge in [-0.25, -0.2) is 9.59 Å². The van der Waals surface area contributed by atoms with E-state index < -0.39 is 40.6 Å². The molecule has 0 bridgehead atoms. The molecular formula is C17H20F3NO5S. The molecule has 0 radical (unpaired) electrons. The average Bonchev–Trinajstić information content (AvgIpc) is 2.49. The summed E-state index contributed by atoms with van der Waals surface area (Å²) in [6.07, 6.45) is -5.76. The number of amides is 1. The van der Waals surface area contributed by atoms with Gasteiger partial charge in [-0.15, -0.1) is 0 Å². The molecule has 0 aliphatic heterocycles. The van der Waals surface area contributed by atoms with Gasteiger partial charge in [0.25, 0.3) is 0 Å². The molecule has 6 nitrogen and oxygen atoms in total. The van der Waals surface area contributed by atoms with E-state index >= 15 is 0 Å². The van der Waals surface area contributed by atoms with Crippen LogP contribution in [0.3, 0.4) is 0 Å². The Morgan fingerprint density at radius 3 is 2.15 bits per heavy atom. The molecule has 1 unspecified atom stereocenters. The Hall–Kier alpha value is -2.23. The first-order valence-corrected chi connectivity index (χ1v) is 8.70. The summed E-state index contributed by atoms with van der Waals surface area (Å²) in [6, 6.07) is 2.73. The minimum atomic E-state index is -4.46. The van der Waals surface area contributed by atoms with Crippen LogP contribution in [0, 0.1) is 0 Å². The summed E-state index contributed by atoms with van der Waals surface area (Å²) in [6.45, 7) is 4.85. The standard InChI is InChI=1S/C17H20F3NO5S/c1-16(2,3)26-15(25)21-12(14(23)24)8-9-13(22)27-11-6-4-10(5-7-11)17(18,19)20/h4-7,12H,8-9H2,1-3H3,(H,21,25)(H,23,24). The summed E-state index contributed by atoms with van der Waals surface area (Å²) in [7, 11) is 0. The van der Waals surface area contributed by atoms with E-state index in [0.29, 0.717) is 16.7 Å². The van der Waals surface area contributed by atoms with E-state index in [2.05, 4.69) is 5.32 Å². The normalized spacial score (nSPS) is 13.0. The van der Waals surface area contributed by atoms with Crippen molar-refractivity contribution >= 4 is 28.9 Å². The largest absolute Gasteiger partial charge is 0.480 e. The molecule has 150 valence electrons. The zero-order chi connectivity index (χ0) is 20.8. The van der Waals surface area contributed by atoms with Crippen molar-refractivity contribution in [2.45, 2.75) is 56.3 Å². The van der Waals surface area contributed by atoms with Crippen molar-refractivity contribution in [1.82, 2.24) is 5.32 Å². The maximum absolute atomic E-state index is 12.5. The Morgan fingerprint density at radius 1 is 1.15 bits per heavy atom. The average molecular weight is 407 g/mol. The zero-order valence-corrected chi connectivity index (χ0v) is 15.7. The molecule has 0 aromatic heterocycles. The van der Waals surface area contributed by atoms with Crippen LogP contribution in [-0.4, -0.2) is 33.9 Å². The number of carboxylic acids is 1. The second kappa shape index (κ2) is 9.12. The van der Waals surface area contributed by atoms with Gasteiger partial charge in [0, 0.05) is 11.3 Å². The topological polar surface area (TPSA) is 92.7 Å². The van der Waals surface area contributed by atoms with Crippen molar-refractivity contribution in [3.05, 3.63) is 29.8 Å². The fourth-order valence-corrected chi connectivity index (χ4v) is 2.62. The number of benzene rings is 1. The first kappa shape index (κ1) is 22.8. The minimum absolute atomic E-state index is 0.180. The third kappa shape index (κ3) is 8.80. The maximum atomic E-state index is 12.5. The lowest BCUT2D eigenvalue weighted by molar-refractivity contribution is -0.140. The molecule has 1 atom stereocenters. The van der Waals surface area contributed by atoms with Gasteiger partial charge < -0.3 is 15.2 Å². The Bertz CT molecular complexity index is 683. The molecule has 1 aromatic rings. The second-order valence-corrected chi connectivity index (χ2v) is 7.70. The lowest BCUT2D eigenvalue weighted by Gasteiger charge is -2.21. The quantitative estimate of drug-likeness (QED) is 0.691. The van der Waals surface area contributed by atoms with Crippen LogP contribution in [0.4, 0.5) is 18.0 Å². The van der Waals surface area contributed by atoms with E-state index in [1.165, 1.54) is 12.1 Å². The van der Waals surface area contributed by atoms with Crippen molar-refractivity contribution in [3.8, 4) is 0 Å². The maximum Gasteiger partial charge on any atom is 0.416 e. The molecule has 1 amide bonds. The fourth-order valence-electron chi connectivity index (χ4n) is 1.86. The van der Waals surface area contributed by atoms with E-state index in [1.807, 2.05) is 0 Å². The number of carbonyl (C=O) groups excluding carboxylic acids is 2. The fraction of sp³-hybridized carbons (Fsp3) is 0.471. The van der Waals surface area contributed by atoms with Crippen LogP contribution in [0.1, 0.15) is 39.2 Å². The predicted molar refractivity (Wildman–Crippen MR) is 92.3 cm³/mol. The molecule has 1 rings (SSSR count). The van der Waals surface area contributed by atoms with E-state index in [4.69, 9.17) is 9.84 Å². The number of hydrogen-bond donors (Lipinski definition) is 2. The lowest BCUT2D eigenvalue weighted by Crippen LogP contribution is -2.43. The number of alkyl carbamates (subject to hydrolysis) is 1.